The minimum absolute atomic E-state index is 0. The van der Waals surface area contributed by atoms with E-state index in [1.165, 1.54) is 0 Å². The third-order valence-corrected chi connectivity index (χ3v) is 0.566. The Kier molecular flexibility index (Phi) is 61.5. The van der Waals surface area contributed by atoms with Crippen LogP contribution in [0.2, 0.25) is 0 Å². The topological polar surface area (TPSA) is 82.9 Å². The van der Waals surface area contributed by atoms with Gasteiger partial charge in [0.2, 0.25) is 0 Å². The van der Waals surface area contributed by atoms with E-state index in [-0.39, 0.29) is 58.2 Å². The molecule has 0 radical (unpaired) electrons. The van der Waals surface area contributed by atoms with Crippen molar-refractivity contribution in [3.8, 4) is 0 Å². The van der Waals surface area contributed by atoms with Gasteiger partial charge >= 0.3 is 21.1 Å². The predicted octanol–water partition coefficient (Wildman–Crippen LogP) is -4.59. The van der Waals surface area contributed by atoms with Gasteiger partial charge in [0.05, 0.1) is 0 Å². The van der Waals surface area contributed by atoms with Gasteiger partial charge in [-0.15, -0.1) is 0 Å². The van der Waals surface area contributed by atoms with E-state index in [0.717, 1.165) is 0 Å². The molecular formula is C5H11Cl2N3Pt. The molecule has 1 aromatic rings. The molecule has 3 nitrogen and oxygen atoms in total. The van der Waals surface area contributed by atoms with Crippen LogP contribution in [-0.2, 0) is 21.1 Å². The smallest absolute Gasteiger partial charge is 1.00 e. The molecule has 6 N–H and O–H groups in total. The van der Waals surface area contributed by atoms with E-state index >= 15 is 0 Å². The Balaban J connectivity index is -0.0000000240. The van der Waals surface area contributed by atoms with Crippen molar-refractivity contribution in [1.29, 1.82) is 0 Å². The zero-order chi connectivity index (χ0) is 4.24. The second kappa shape index (κ2) is 22.4. The molecule has 0 fully saturated rings. The maximum absolute atomic E-state index is 3.78. The standard InChI is InChI=1S/C5H5N.2ClH.2H3N.Pt/c1-2-4-6-5-3-1;;;;;/h1-5H;2*1H;2*1H3;/q;;;;;+2/p-2. The fourth-order valence-electron chi connectivity index (χ4n) is 0.313. The second-order valence-electron chi connectivity index (χ2n) is 1.02. The Morgan fingerprint density at radius 1 is 0.727 bits per heavy atom. The first-order valence-corrected chi connectivity index (χ1v) is 1.85. The molecule has 1 aromatic heterocycles. The minimum Gasteiger partial charge on any atom is -1.00 e. The van der Waals surface area contributed by atoms with E-state index < -0.39 is 0 Å². The maximum Gasteiger partial charge on any atom is 2.00 e. The van der Waals surface area contributed by atoms with Crippen LogP contribution in [-0.4, -0.2) is 4.98 Å². The molecule has 0 aliphatic rings. The largest absolute Gasteiger partial charge is 2.00 e. The average Bonchev–Trinajstić information content (AvgIpc) is 1.72. The average molecular weight is 379 g/mol. The fraction of sp³-hybridized carbons (Fsp3) is 0. The first-order chi connectivity index (χ1) is 3.00. The quantitative estimate of drug-likeness (QED) is 0.476. The summed E-state index contributed by atoms with van der Waals surface area (Å²) in [6, 6.07) is 5.72. The molecule has 0 saturated heterocycles. The summed E-state index contributed by atoms with van der Waals surface area (Å²) in [5.74, 6) is 0. The van der Waals surface area contributed by atoms with Crippen molar-refractivity contribution in [3.05, 3.63) is 30.6 Å². The number of nitrogens with zero attached hydrogens (tertiary/aromatic N) is 1. The third kappa shape index (κ3) is 17.9. The first-order valence-electron chi connectivity index (χ1n) is 1.85. The molecule has 0 aromatic carbocycles. The van der Waals surface area contributed by atoms with Gasteiger partial charge in [0, 0.05) is 12.4 Å². The van der Waals surface area contributed by atoms with Crippen molar-refractivity contribution in [2.24, 2.45) is 0 Å². The molecule has 1 heterocycles. The molecule has 0 amide bonds. The summed E-state index contributed by atoms with van der Waals surface area (Å²) >= 11 is 0. The van der Waals surface area contributed by atoms with Gasteiger partial charge in [0.15, 0.2) is 0 Å². The summed E-state index contributed by atoms with van der Waals surface area (Å²) in [5.41, 5.74) is 0. The molecule has 0 aliphatic heterocycles. The maximum atomic E-state index is 3.78. The van der Waals surface area contributed by atoms with E-state index in [0.29, 0.717) is 0 Å². The van der Waals surface area contributed by atoms with Crippen LogP contribution in [0.1, 0.15) is 0 Å². The van der Waals surface area contributed by atoms with Crippen LogP contribution in [0.4, 0.5) is 0 Å². The Morgan fingerprint density at radius 3 is 1.18 bits per heavy atom. The van der Waals surface area contributed by atoms with Gasteiger partial charge in [0.1, 0.15) is 0 Å². The molecule has 6 heteroatoms. The molecule has 0 unspecified atom stereocenters. The van der Waals surface area contributed by atoms with Gasteiger partial charge in [-0.25, -0.2) is 0 Å². The van der Waals surface area contributed by atoms with Crippen LogP contribution in [0.15, 0.2) is 30.6 Å². The predicted molar refractivity (Wildman–Crippen MR) is 34.3 cm³/mol. The summed E-state index contributed by atoms with van der Waals surface area (Å²) in [6.45, 7) is 0. The van der Waals surface area contributed by atoms with Crippen molar-refractivity contribution in [2.75, 3.05) is 0 Å². The summed E-state index contributed by atoms with van der Waals surface area (Å²) in [4.78, 5) is 3.78. The Labute approximate surface area is 93.6 Å². The van der Waals surface area contributed by atoms with Crippen LogP contribution in [0, 0.1) is 0 Å². The fourth-order valence-corrected chi connectivity index (χ4v) is 0.313. The van der Waals surface area contributed by atoms with Crippen LogP contribution >= 0.6 is 0 Å². The van der Waals surface area contributed by atoms with Crippen molar-refractivity contribution in [2.45, 2.75) is 0 Å². The van der Waals surface area contributed by atoms with Gasteiger partial charge in [-0.05, 0) is 12.1 Å². The van der Waals surface area contributed by atoms with Crippen molar-refractivity contribution in [3.63, 3.8) is 0 Å². The van der Waals surface area contributed by atoms with E-state index in [4.69, 9.17) is 0 Å². The van der Waals surface area contributed by atoms with Crippen LogP contribution in [0.3, 0.4) is 0 Å². The number of halogens is 2. The number of hydrogen-bond donors (Lipinski definition) is 2. The summed E-state index contributed by atoms with van der Waals surface area (Å²) in [6.07, 6.45) is 3.50. The summed E-state index contributed by atoms with van der Waals surface area (Å²) in [7, 11) is 0. The van der Waals surface area contributed by atoms with Crippen LogP contribution in [0.5, 0.6) is 0 Å². The van der Waals surface area contributed by atoms with Gasteiger partial charge in [-0.2, -0.15) is 0 Å². The molecule has 0 aliphatic carbocycles. The zero-order valence-electron chi connectivity index (χ0n) is 5.82. The van der Waals surface area contributed by atoms with E-state index in [1.54, 1.807) is 12.4 Å². The molecular weight excluding hydrogens is 368 g/mol. The number of hydrogen-bond acceptors (Lipinski definition) is 3. The van der Waals surface area contributed by atoms with Gasteiger partial charge in [0.25, 0.3) is 0 Å². The first kappa shape index (κ1) is 30.2. The Hall–Kier alpha value is 0.338. The van der Waals surface area contributed by atoms with Crippen molar-refractivity contribution < 1.29 is 45.9 Å². The normalized spacial score (nSPS) is 4.36. The molecule has 0 atom stereocenters. The number of aromatic nitrogens is 1. The Bertz CT molecular complexity index is 91.7. The number of pyridine rings is 1. The Morgan fingerprint density at radius 2 is 1.09 bits per heavy atom. The summed E-state index contributed by atoms with van der Waals surface area (Å²) in [5, 5.41) is 0. The molecule has 0 bridgehead atoms. The second-order valence-corrected chi connectivity index (χ2v) is 1.02. The zero-order valence-corrected chi connectivity index (χ0v) is 9.60. The van der Waals surface area contributed by atoms with Crippen LogP contribution < -0.4 is 37.1 Å². The van der Waals surface area contributed by atoms with Gasteiger partial charge in [-0.1, -0.05) is 6.07 Å². The molecule has 1 rings (SSSR count). The van der Waals surface area contributed by atoms with Gasteiger partial charge < -0.3 is 37.1 Å². The molecule has 70 valence electrons. The molecule has 0 spiro atoms. The van der Waals surface area contributed by atoms with Crippen molar-refractivity contribution >= 4 is 0 Å². The van der Waals surface area contributed by atoms with Crippen LogP contribution in [0.25, 0.3) is 0 Å². The van der Waals surface area contributed by atoms with E-state index in [1.807, 2.05) is 18.2 Å². The van der Waals surface area contributed by atoms with E-state index in [9.17, 15) is 0 Å². The third-order valence-electron chi connectivity index (χ3n) is 0.566. The van der Waals surface area contributed by atoms with E-state index in [2.05, 4.69) is 4.98 Å². The summed E-state index contributed by atoms with van der Waals surface area (Å²) < 4.78 is 0. The van der Waals surface area contributed by atoms with Gasteiger partial charge in [-0.3, -0.25) is 4.98 Å². The monoisotopic (exact) mass is 378 g/mol. The molecule has 11 heavy (non-hydrogen) atoms. The minimum atomic E-state index is 0. The number of rotatable bonds is 0. The van der Waals surface area contributed by atoms with Crippen molar-refractivity contribution in [1.82, 2.24) is 17.3 Å². The SMILES string of the molecule is N.N.[Cl-].[Cl-].[Pt+2].c1ccncc1. The molecule has 0 saturated carbocycles.